The Bertz CT molecular complexity index is 954. The molecule has 4 rings (SSSR count). The van der Waals surface area contributed by atoms with Gasteiger partial charge in [0.25, 0.3) is 0 Å². The fraction of sp³-hybridized carbons (Fsp3) is 0.278. The monoisotopic (exact) mass is 367 g/mol. The van der Waals surface area contributed by atoms with Crippen LogP contribution in [0.5, 0.6) is 0 Å². The van der Waals surface area contributed by atoms with Gasteiger partial charge in [0.1, 0.15) is 6.33 Å². The number of rotatable bonds is 4. The fourth-order valence-corrected chi connectivity index (χ4v) is 4.17. The molecule has 3 aromatic rings. The van der Waals surface area contributed by atoms with Gasteiger partial charge in [0.2, 0.25) is 5.82 Å². The van der Waals surface area contributed by atoms with Gasteiger partial charge in [0.05, 0.1) is 10.4 Å². The van der Waals surface area contributed by atoms with Crippen LogP contribution in [0.15, 0.2) is 52.8 Å². The molecule has 0 N–H and O–H groups in total. The molecule has 0 amide bonds. The minimum Gasteiger partial charge on any atom is -0.351 e. The zero-order valence-corrected chi connectivity index (χ0v) is 14.9. The largest absolute Gasteiger partial charge is 0.351 e. The Labute approximate surface area is 154 Å². The van der Waals surface area contributed by atoms with E-state index in [1.807, 2.05) is 35.2 Å². The lowest BCUT2D eigenvalue weighted by Crippen LogP contribution is -2.31. The Hall–Kier alpha value is -2.74. The quantitative estimate of drug-likeness (QED) is 0.390. The van der Waals surface area contributed by atoms with Crippen LogP contribution >= 0.6 is 11.8 Å². The van der Waals surface area contributed by atoms with E-state index in [0.29, 0.717) is 10.8 Å². The second-order valence-corrected chi connectivity index (χ2v) is 7.12. The molecule has 26 heavy (non-hydrogen) atoms. The molecule has 0 unspecified atom stereocenters. The van der Waals surface area contributed by atoms with Crippen molar-refractivity contribution in [2.75, 3.05) is 18.0 Å². The molecule has 2 aromatic heterocycles. The summed E-state index contributed by atoms with van der Waals surface area (Å²) in [7, 11) is 0. The van der Waals surface area contributed by atoms with Crippen molar-refractivity contribution < 1.29 is 4.92 Å². The van der Waals surface area contributed by atoms with E-state index in [4.69, 9.17) is 0 Å². The van der Waals surface area contributed by atoms with Crippen LogP contribution in [0.25, 0.3) is 10.9 Å². The predicted octanol–water partition coefficient (Wildman–Crippen LogP) is 4.07. The van der Waals surface area contributed by atoms with Crippen molar-refractivity contribution in [3.8, 4) is 0 Å². The van der Waals surface area contributed by atoms with Gasteiger partial charge in [-0.3, -0.25) is 15.1 Å². The van der Waals surface area contributed by atoms with Crippen molar-refractivity contribution in [2.45, 2.75) is 29.2 Å². The van der Waals surface area contributed by atoms with Gasteiger partial charge in [-0.1, -0.05) is 30.0 Å². The van der Waals surface area contributed by atoms with Crippen molar-refractivity contribution in [3.05, 3.63) is 53.0 Å². The molecule has 1 fully saturated rings. The van der Waals surface area contributed by atoms with E-state index >= 15 is 0 Å². The van der Waals surface area contributed by atoms with E-state index in [0.717, 1.165) is 48.2 Å². The molecule has 0 saturated carbocycles. The van der Waals surface area contributed by atoms with Crippen LogP contribution in [0.4, 0.5) is 11.5 Å². The lowest BCUT2D eigenvalue weighted by atomic mass is 10.1. The summed E-state index contributed by atoms with van der Waals surface area (Å²) in [4.78, 5) is 27.1. The molecular weight excluding hydrogens is 350 g/mol. The lowest BCUT2D eigenvalue weighted by Gasteiger charge is -2.27. The Morgan fingerprint density at radius 3 is 2.65 bits per heavy atom. The SMILES string of the molecule is O=[N+]([O-])c1c(Sc2cccc3cccnc23)ncnc1N1CCCCC1. The number of nitrogens with zero attached hydrogens (tertiary/aromatic N) is 5. The number of fused-ring (bicyclic) bond motifs is 1. The fourth-order valence-electron chi connectivity index (χ4n) is 3.19. The van der Waals surface area contributed by atoms with Crippen LogP contribution in [0, 0.1) is 10.1 Å². The zero-order valence-electron chi connectivity index (χ0n) is 14.0. The van der Waals surface area contributed by atoms with Gasteiger partial charge in [-0.05, 0) is 31.4 Å². The first-order valence-corrected chi connectivity index (χ1v) is 9.31. The number of hydrogen-bond donors (Lipinski definition) is 0. The molecule has 1 aliphatic rings. The van der Waals surface area contributed by atoms with Crippen LogP contribution in [0.1, 0.15) is 19.3 Å². The van der Waals surface area contributed by atoms with Crippen molar-refractivity contribution in [3.63, 3.8) is 0 Å². The van der Waals surface area contributed by atoms with Crippen molar-refractivity contribution in [1.82, 2.24) is 15.0 Å². The number of anilines is 1. The number of hydrogen-bond acceptors (Lipinski definition) is 7. The smallest absolute Gasteiger partial charge is 0.343 e. The van der Waals surface area contributed by atoms with E-state index in [1.54, 1.807) is 6.20 Å². The lowest BCUT2D eigenvalue weighted by molar-refractivity contribution is -0.387. The van der Waals surface area contributed by atoms with Gasteiger partial charge in [-0.2, -0.15) is 0 Å². The molecule has 8 heteroatoms. The van der Waals surface area contributed by atoms with Crippen LogP contribution in [0.3, 0.4) is 0 Å². The van der Waals surface area contributed by atoms with E-state index in [2.05, 4.69) is 15.0 Å². The summed E-state index contributed by atoms with van der Waals surface area (Å²) in [5, 5.41) is 13.2. The Kier molecular flexibility index (Phi) is 4.66. The van der Waals surface area contributed by atoms with Crippen molar-refractivity contribution >= 4 is 34.2 Å². The molecule has 0 spiro atoms. The summed E-state index contributed by atoms with van der Waals surface area (Å²) >= 11 is 1.27. The summed E-state index contributed by atoms with van der Waals surface area (Å²) in [6.07, 6.45) is 6.34. The summed E-state index contributed by atoms with van der Waals surface area (Å²) in [6.45, 7) is 1.58. The maximum absolute atomic E-state index is 11.8. The maximum Gasteiger partial charge on any atom is 0.343 e. The highest BCUT2D eigenvalue weighted by molar-refractivity contribution is 7.99. The molecule has 132 valence electrons. The minimum absolute atomic E-state index is 0.0210. The van der Waals surface area contributed by atoms with Crippen LogP contribution < -0.4 is 4.90 Å². The highest BCUT2D eigenvalue weighted by Gasteiger charge is 2.28. The van der Waals surface area contributed by atoms with E-state index in [1.165, 1.54) is 18.1 Å². The standard InChI is InChI=1S/C18H17N5O2S/c24-23(25)16-17(22-10-2-1-3-11-22)20-12-21-18(16)26-14-8-4-6-13-7-5-9-19-15(13)14/h4-9,12H,1-3,10-11H2. The van der Waals surface area contributed by atoms with Gasteiger partial charge < -0.3 is 4.90 Å². The molecule has 3 heterocycles. The number of nitro groups is 1. The second kappa shape index (κ2) is 7.25. The Morgan fingerprint density at radius 1 is 1.04 bits per heavy atom. The van der Waals surface area contributed by atoms with Gasteiger partial charge in [-0.25, -0.2) is 9.97 Å². The minimum atomic E-state index is -0.370. The summed E-state index contributed by atoms with van der Waals surface area (Å²) < 4.78 is 0. The van der Waals surface area contributed by atoms with Crippen molar-refractivity contribution in [1.29, 1.82) is 0 Å². The molecule has 0 atom stereocenters. The normalized spacial score (nSPS) is 14.5. The molecule has 7 nitrogen and oxygen atoms in total. The third-order valence-electron chi connectivity index (χ3n) is 4.41. The van der Waals surface area contributed by atoms with E-state index in [9.17, 15) is 10.1 Å². The number of benzene rings is 1. The Morgan fingerprint density at radius 2 is 1.85 bits per heavy atom. The highest BCUT2D eigenvalue weighted by atomic mass is 32.2. The third-order valence-corrected chi connectivity index (χ3v) is 5.45. The Balaban J connectivity index is 1.77. The van der Waals surface area contributed by atoms with E-state index < -0.39 is 0 Å². The predicted molar refractivity (Wildman–Crippen MR) is 101 cm³/mol. The molecule has 1 saturated heterocycles. The zero-order chi connectivity index (χ0) is 17.9. The molecule has 0 bridgehead atoms. The van der Waals surface area contributed by atoms with Gasteiger partial charge in [-0.15, -0.1) is 0 Å². The first-order valence-electron chi connectivity index (χ1n) is 8.50. The maximum atomic E-state index is 11.8. The van der Waals surface area contributed by atoms with E-state index in [-0.39, 0.29) is 10.6 Å². The first kappa shape index (κ1) is 16.7. The average Bonchev–Trinajstić information content (AvgIpc) is 2.68. The highest BCUT2D eigenvalue weighted by Crippen LogP contribution is 2.40. The molecule has 0 aliphatic carbocycles. The molecule has 0 radical (unpaired) electrons. The average molecular weight is 367 g/mol. The second-order valence-electron chi connectivity index (χ2n) is 6.09. The van der Waals surface area contributed by atoms with Gasteiger partial charge in [0, 0.05) is 29.6 Å². The molecular formula is C18H17N5O2S. The summed E-state index contributed by atoms with van der Waals surface area (Å²) in [6, 6.07) is 9.65. The summed E-state index contributed by atoms with van der Waals surface area (Å²) in [5.74, 6) is 0.417. The van der Waals surface area contributed by atoms with Crippen LogP contribution in [-0.4, -0.2) is 33.0 Å². The molecule has 1 aromatic carbocycles. The number of para-hydroxylation sites is 1. The van der Waals surface area contributed by atoms with Crippen molar-refractivity contribution in [2.24, 2.45) is 0 Å². The number of pyridine rings is 1. The van der Waals surface area contributed by atoms with Gasteiger partial charge in [0.15, 0.2) is 5.03 Å². The number of aromatic nitrogens is 3. The first-order chi connectivity index (χ1) is 12.7. The topological polar surface area (TPSA) is 85.0 Å². The summed E-state index contributed by atoms with van der Waals surface area (Å²) in [5.41, 5.74) is 0.791. The molecule has 1 aliphatic heterocycles. The van der Waals surface area contributed by atoms with Crippen LogP contribution in [-0.2, 0) is 0 Å². The third kappa shape index (κ3) is 3.20. The van der Waals surface area contributed by atoms with Crippen LogP contribution in [0.2, 0.25) is 0 Å². The number of piperidine rings is 1. The van der Waals surface area contributed by atoms with Gasteiger partial charge >= 0.3 is 5.69 Å².